The number of alkyl halides is 24. The van der Waals surface area contributed by atoms with Crippen molar-refractivity contribution in [3.63, 3.8) is 0 Å². The molecule has 0 saturated heterocycles. The maximum atomic E-state index is 15.7. The van der Waals surface area contributed by atoms with Crippen molar-refractivity contribution in [2.24, 2.45) is 0 Å². The predicted octanol–water partition coefficient (Wildman–Crippen LogP) is 20.5. The molecule has 8 bridgehead atoms. The fraction of sp³-hybridized carbons (Fsp3) is 0.176. The Kier molecular flexibility index (Phi) is 16.5. The minimum Gasteiger partial charge on any atom is -0.464 e. The third kappa shape index (κ3) is 11.1. The summed E-state index contributed by atoms with van der Waals surface area (Å²) in [5.41, 5.74) is -36.0. The normalized spacial score (nSPS) is 13.8. The van der Waals surface area contributed by atoms with E-state index in [-0.39, 0.29) is 0 Å². The molecular formula is C68H34F24N8O4. The lowest BCUT2D eigenvalue weighted by molar-refractivity contribution is -0.365. The van der Waals surface area contributed by atoms with Crippen molar-refractivity contribution in [3.8, 4) is 68.5 Å². The van der Waals surface area contributed by atoms with Gasteiger partial charge in [0.15, 0.2) is 23.3 Å². The molecule has 8 aromatic carbocycles. The predicted molar refractivity (Wildman–Crippen MR) is 319 cm³/mol. The van der Waals surface area contributed by atoms with Crippen LogP contribution < -0.4 is 18.9 Å². The van der Waals surface area contributed by atoms with E-state index in [9.17, 15) is 0 Å². The summed E-state index contributed by atoms with van der Waals surface area (Å²) in [6.45, 7) is 0. The van der Waals surface area contributed by atoms with Crippen molar-refractivity contribution < 1.29 is 124 Å². The molecule has 0 saturated carbocycles. The van der Waals surface area contributed by atoms with Gasteiger partial charge in [-0.2, -0.15) is 105 Å². The van der Waals surface area contributed by atoms with Gasteiger partial charge >= 0.3 is 71.8 Å². The van der Waals surface area contributed by atoms with Crippen molar-refractivity contribution in [1.29, 1.82) is 0 Å². The molecule has 11 aromatic rings. The second-order valence-electron chi connectivity index (χ2n) is 22.9. The number of rotatable bonds is 12. The van der Waals surface area contributed by atoms with E-state index >= 15 is 105 Å². The highest BCUT2D eigenvalue weighted by atomic mass is 19.4. The number of aromatic nitrogens is 8. The van der Waals surface area contributed by atoms with Crippen LogP contribution in [0, 0.1) is 0 Å². The molecule has 0 fully saturated rings. The molecule has 13 rings (SSSR count). The van der Waals surface area contributed by atoms with Crippen LogP contribution in [0.25, 0.3) is 89.7 Å². The number of halogens is 24. The number of ether oxygens (including phenoxy) is 4. The Hall–Kier alpha value is -11.4. The van der Waals surface area contributed by atoms with Crippen LogP contribution in [0.2, 0.25) is 0 Å². The SMILES string of the molecule is FC(F)(F)C(Oc1cccc2c1-c1nc-2nc2[nH]c(nc3nc(nc4[nH]c(n1)c1cccc(OC(c5ccccc5)(C(F)(F)F)C(F)(F)F)c41)-c1cccc(OC(c4ccccc4)(C(F)(F)F)C(F)(F)F)c1-3)c1cccc(OC(c3ccccc3)(C(F)(F)F)C(F)(F)F)c21)(c1ccccc1)C(F)(F)F. The van der Waals surface area contributed by atoms with Gasteiger partial charge in [0.2, 0.25) is 0 Å². The van der Waals surface area contributed by atoms with Gasteiger partial charge in [-0.25, -0.2) is 29.9 Å². The Morgan fingerprint density at radius 1 is 0.221 bits per heavy atom. The van der Waals surface area contributed by atoms with Crippen molar-refractivity contribution in [3.05, 3.63) is 216 Å². The highest BCUT2D eigenvalue weighted by molar-refractivity contribution is 6.10. The molecule has 0 radical (unpaired) electrons. The average Bonchev–Trinajstić information content (AvgIpc) is 1.19. The fourth-order valence-corrected chi connectivity index (χ4v) is 12.2. The summed E-state index contributed by atoms with van der Waals surface area (Å²) in [4.78, 5) is 30.7. The molecule has 0 spiro atoms. The van der Waals surface area contributed by atoms with Crippen LogP contribution >= 0.6 is 0 Å². The largest absolute Gasteiger partial charge is 0.464 e. The molecule has 538 valence electrons. The molecule has 3 aromatic heterocycles. The van der Waals surface area contributed by atoms with E-state index < -0.39 is 207 Å². The summed E-state index contributed by atoms with van der Waals surface area (Å²) < 4.78 is 398. The number of hydrogen-bond donors (Lipinski definition) is 2. The zero-order chi connectivity index (χ0) is 75.0. The van der Waals surface area contributed by atoms with Crippen molar-refractivity contribution in [2.45, 2.75) is 71.8 Å². The Labute approximate surface area is 563 Å². The first-order valence-corrected chi connectivity index (χ1v) is 29.5. The number of nitrogens with zero attached hydrogens (tertiary/aromatic N) is 6. The van der Waals surface area contributed by atoms with Crippen LogP contribution in [-0.2, 0) is 22.4 Å². The van der Waals surface area contributed by atoms with Crippen LogP contribution in [0.4, 0.5) is 105 Å². The maximum absolute atomic E-state index is 15.7. The van der Waals surface area contributed by atoms with Crippen molar-refractivity contribution in [2.75, 3.05) is 0 Å². The molecule has 36 heteroatoms. The van der Waals surface area contributed by atoms with E-state index in [2.05, 4.69) is 39.9 Å². The number of nitrogens with one attached hydrogen (secondary N) is 2. The smallest absolute Gasteiger partial charge is 0.442 e. The second kappa shape index (κ2) is 24.1. The molecule has 2 aliphatic heterocycles. The summed E-state index contributed by atoms with van der Waals surface area (Å²) in [7, 11) is 0. The molecular weight excluding hydrogens is 1450 g/mol. The lowest BCUT2D eigenvalue weighted by atomic mass is 9.91. The summed E-state index contributed by atoms with van der Waals surface area (Å²) in [5.74, 6) is -10.4. The quantitative estimate of drug-likeness (QED) is 0.113. The number of benzene rings is 8. The summed E-state index contributed by atoms with van der Waals surface area (Å²) in [6, 6.07) is 21.5. The maximum Gasteiger partial charge on any atom is 0.442 e. The van der Waals surface area contributed by atoms with E-state index in [4.69, 9.17) is 18.9 Å². The fourth-order valence-electron chi connectivity index (χ4n) is 12.2. The van der Waals surface area contributed by atoms with E-state index in [1.807, 2.05) is 0 Å². The van der Waals surface area contributed by atoms with Crippen LogP contribution in [0.15, 0.2) is 194 Å². The minimum absolute atomic E-state index is 0.371. The minimum atomic E-state index is -6.51. The summed E-state index contributed by atoms with van der Waals surface area (Å²) in [5, 5.41) is -3.65. The van der Waals surface area contributed by atoms with Gasteiger partial charge in [0.25, 0.3) is 0 Å². The number of aromatic amines is 2. The van der Waals surface area contributed by atoms with Crippen molar-refractivity contribution >= 4 is 44.1 Å². The van der Waals surface area contributed by atoms with Crippen LogP contribution in [0.5, 0.6) is 23.0 Å². The van der Waals surface area contributed by atoms with Crippen LogP contribution in [0.1, 0.15) is 22.3 Å². The Morgan fingerprint density at radius 3 is 0.712 bits per heavy atom. The van der Waals surface area contributed by atoms with E-state index in [1.54, 1.807) is 0 Å². The van der Waals surface area contributed by atoms with Gasteiger partial charge < -0.3 is 28.9 Å². The van der Waals surface area contributed by atoms with Gasteiger partial charge in [0.05, 0.1) is 21.9 Å². The van der Waals surface area contributed by atoms with E-state index in [1.165, 1.54) is 0 Å². The number of fused-ring (bicyclic) bond motifs is 20. The Balaban J connectivity index is 1.21. The van der Waals surface area contributed by atoms with Crippen LogP contribution in [0.3, 0.4) is 0 Å². The molecule has 12 nitrogen and oxygen atoms in total. The monoisotopic (exact) mass is 1480 g/mol. The molecule has 2 aliphatic rings. The standard InChI is InChI=1S/C68H34F24N8O4/c69-61(70,71)57(62(72,73)74,33-17-5-1-6-18-33)101-41-29-13-25-37-45(41)53-93-49(37)98-54-47-39(27-15-31-43(47)103-59(65(81,82)83,66(84,85)86)35-21-9-3-10-22-35)51(95-54)100-56-48-40(28-16-32-44(48)104-60(67(87,88)89,68(90,91)92)36-23-11-4-12-24-36)52(96-56)99-55-46-38(50(94-55)97-53)26-14-30-42(46)102-58(63(75,76)77,64(78,79)80)34-19-7-2-8-20-34/h1-32H,(H2,93,94,95,96,97,98,99,100). The number of hydrogen-bond acceptors (Lipinski definition) is 10. The summed E-state index contributed by atoms with van der Waals surface area (Å²) >= 11 is 0. The highest BCUT2D eigenvalue weighted by Crippen LogP contribution is 2.60. The molecule has 2 N–H and O–H groups in total. The van der Waals surface area contributed by atoms with E-state index in [0.29, 0.717) is 72.8 Å². The molecule has 0 atom stereocenters. The highest BCUT2D eigenvalue weighted by Gasteiger charge is 2.78. The first-order chi connectivity index (χ1) is 48.6. The van der Waals surface area contributed by atoms with Gasteiger partial charge in [-0.15, -0.1) is 0 Å². The summed E-state index contributed by atoms with van der Waals surface area (Å²) in [6.07, 6.45) is -52.1. The second-order valence-corrected chi connectivity index (χ2v) is 22.9. The first-order valence-electron chi connectivity index (χ1n) is 29.5. The Morgan fingerprint density at radius 2 is 0.452 bits per heavy atom. The number of H-pyrrole nitrogens is 2. The zero-order valence-corrected chi connectivity index (χ0v) is 50.9. The first kappa shape index (κ1) is 71.1. The van der Waals surface area contributed by atoms with Gasteiger partial charge in [0, 0.05) is 44.2 Å². The van der Waals surface area contributed by atoms with Gasteiger partial charge in [-0.05, 0) is 24.3 Å². The molecule has 0 aliphatic carbocycles. The average molecular weight is 1480 g/mol. The van der Waals surface area contributed by atoms with Crippen LogP contribution in [-0.4, -0.2) is 89.3 Å². The third-order valence-corrected chi connectivity index (χ3v) is 16.8. The lowest BCUT2D eigenvalue weighted by Gasteiger charge is -2.38. The van der Waals surface area contributed by atoms with Gasteiger partial charge in [-0.1, -0.05) is 170 Å². The molecule has 0 unspecified atom stereocenters. The lowest BCUT2D eigenvalue weighted by Crippen LogP contribution is -2.58. The topological polar surface area (TPSA) is 146 Å². The van der Waals surface area contributed by atoms with Crippen molar-refractivity contribution in [1.82, 2.24) is 39.9 Å². The zero-order valence-electron chi connectivity index (χ0n) is 50.9. The van der Waals surface area contributed by atoms with Gasteiger partial charge in [0.1, 0.15) is 45.6 Å². The van der Waals surface area contributed by atoms with E-state index in [0.717, 1.165) is 121 Å². The van der Waals surface area contributed by atoms with Gasteiger partial charge in [-0.3, -0.25) is 0 Å². The molecule has 0 amide bonds. The molecule has 104 heavy (non-hydrogen) atoms. The Bertz CT molecular complexity index is 4920. The third-order valence-electron chi connectivity index (χ3n) is 16.8. The molecule has 5 heterocycles.